The van der Waals surface area contributed by atoms with Crippen molar-refractivity contribution in [2.24, 2.45) is 5.92 Å². The van der Waals surface area contributed by atoms with Gasteiger partial charge in [0.25, 0.3) is 0 Å². The SMILES string of the molecule is Cc1cncc(C(C)OC(=O)C2CCNCC2)n1. The van der Waals surface area contributed by atoms with Crippen LogP contribution in [-0.2, 0) is 9.53 Å². The van der Waals surface area contributed by atoms with Crippen LogP contribution in [0.3, 0.4) is 0 Å². The topological polar surface area (TPSA) is 64.1 Å². The van der Waals surface area contributed by atoms with Crippen LogP contribution in [0.15, 0.2) is 12.4 Å². The van der Waals surface area contributed by atoms with Crippen molar-refractivity contribution in [1.82, 2.24) is 15.3 Å². The number of hydrogen-bond acceptors (Lipinski definition) is 5. The molecule has 1 fully saturated rings. The first-order valence-corrected chi connectivity index (χ1v) is 6.36. The molecule has 1 aliphatic heterocycles. The van der Waals surface area contributed by atoms with Gasteiger partial charge in [-0.15, -0.1) is 0 Å². The van der Waals surface area contributed by atoms with Gasteiger partial charge in [-0.3, -0.25) is 14.8 Å². The van der Waals surface area contributed by atoms with E-state index in [1.165, 1.54) is 0 Å². The van der Waals surface area contributed by atoms with Gasteiger partial charge < -0.3 is 10.1 Å². The second-order valence-corrected chi connectivity index (χ2v) is 4.69. The van der Waals surface area contributed by atoms with E-state index in [4.69, 9.17) is 4.74 Å². The van der Waals surface area contributed by atoms with E-state index in [1.807, 2.05) is 13.8 Å². The Morgan fingerprint density at radius 2 is 2.17 bits per heavy atom. The molecule has 1 saturated heterocycles. The van der Waals surface area contributed by atoms with Crippen molar-refractivity contribution in [2.75, 3.05) is 13.1 Å². The summed E-state index contributed by atoms with van der Waals surface area (Å²) in [5.41, 5.74) is 1.54. The Kier molecular flexibility index (Phi) is 4.25. The number of piperidine rings is 1. The molecule has 0 aromatic carbocycles. The third-order valence-corrected chi connectivity index (χ3v) is 3.16. The third-order valence-electron chi connectivity index (χ3n) is 3.16. The second kappa shape index (κ2) is 5.91. The number of carbonyl (C=O) groups is 1. The molecule has 1 aromatic heterocycles. The fourth-order valence-corrected chi connectivity index (χ4v) is 2.07. The molecule has 1 aliphatic rings. The van der Waals surface area contributed by atoms with Crippen LogP contribution in [0.2, 0.25) is 0 Å². The molecular formula is C13H19N3O2. The van der Waals surface area contributed by atoms with Gasteiger partial charge in [0.15, 0.2) is 0 Å². The van der Waals surface area contributed by atoms with Crippen LogP contribution < -0.4 is 5.32 Å². The molecule has 98 valence electrons. The molecule has 0 saturated carbocycles. The number of esters is 1. The summed E-state index contributed by atoms with van der Waals surface area (Å²) in [5.74, 6) is -0.0984. The molecule has 1 N–H and O–H groups in total. The van der Waals surface area contributed by atoms with E-state index in [1.54, 1.807) is 12.4 Å². The number of ether oxygens (including phenoxy) is 1. The van der Waals surface area contributed by atoms with E-state index in [2.05, 4.69) is 15.3 Å². The molecule has 1 unspecified atom stereocenters. The van der Waals surface area contributed by atoms with Crippen LogP contribution in [0.4, 0.5) is 0 Å². The lowest BCUT2D eigenvalue weighted by atomic mass is 9.98. The normalized spacial score (nSPS) is 18.3. The minimum absolute atomic E-state index is 0.0199. The Balaban J connectivity index is 1.94. The minimum atomic E-state index is -0.334. The van der Waals surface area contributed by atoms with E-state index in [0.29, 0.717) is 5.69 Å². The van der Waals surface area contributed by atoms with Crippen molar-refractivity contribution in [3.63, 3.8) is 0 Å². The zero-order valence-corrected chi connectivity index (χ0v) is 10.8. The van der Waals surface area contributed by atoms with Crippen molar-refractivity contribution < 1.29 is 9.53 Å². The molecule has 2 rings (SSSR count). The van der Waals surface area contributed by atoms with Gasteiger partial charge in [-0.2, -0.15) is 0 Å². The number of aryl methyl sites for hydroxylation is 1. The summed E-state index contributed by atoms with van der Waals surface area (Å²) in [5, 5.41) is 3.23. The lowest BCUT2D eigenvalue weighted by Gasteiger charge is -2.22. The van der Waals surface area contributed by atoms with Gasteiger partial charge >= 0.3 is 5.97 Å². The Labute approximate surface area is 107 Å². The molecule has 0 amide bonds. The van der Waals surface area contributed by atoms with Crippen LogP contribution >= 0.6 is 0 Å². The van der Waals surface area contributed by atoms with Gasteiger partial charge in [-0.25, -0.2) is 0 Å². The Morgan fingerprint density at radius 1 is 1.44 bits per heavy atom. The highest BCUT2D eigenvalue weighted by Crippen LogP contribution is 2.19. The number of aromatic nitrogens is 2. The van der Waals surface area contributed by atoms with Crippen molar-refractivity contribution in [1.29, 1.82) is 0 Å². The summed E-state index contributed by atoms with van der Waals surface area (Å²) < 4.78 is 5.46. The highest BCUT2D eigenvalue weighted by molar-refractivity contribution is 5.72. The molecule has 1 aromatic rings. The molecule has 5 heteroatoms. The summed E-state index contributed by atoms with van der Waals surface area (Å²) in [6.45, 7) is 5.48. The maximum atomic E-state index is 12.0. The molecule has 0 bridgehead atoms. The summed E-state index contributed by atoms with van der Waals surface area (Å²) >= 11 is 0. The lowest BCUT2D eigenvalue weighted by molar-refractivity contribution is -0.154. The molecule has 5 nitrogen and oxygen atoms in total. The molecule has 1 atom stereocenters. The van der Waals surface area contributed by atoms with E-state index >= 15 is 0 Å². The van der Waals surface area contributed by atoms with Crippen molar-refractivity contribution in [3.05, 3.63) is 23.8 Å². The van der Waals surface area contributed by atoms with Gasteiger partial charge in [-0.1, -0.05) is 0 Å². The van der Waals surface area contributed by atoms with E-state index in [-0.39, 0.29) is 18.0 Å². The number of nitrogens with zero attached hydrogens (tertiary/aromatic N) is 2. The summed E-state index contributed by atoms with van der Waals surface area (Å²) in [7, 11) is 0. The average molecular weight is 249 g/mol. The van der Waals surface area contributed by atoms with Crippen molar-refractivity contribution in [3.8, 4) is 0 Å². The van der Waals surface area contributed by atoms with E-state index < -0.39 is 0 Å². The van der Waals surface area contributed by atoms with Crippen molar-refractivity contribution in [2.45, 2.75) is 32.8 Å². The quantitative estimate of drug-likeness (QED) is 0.820. The van der Waals surface area contributed by atoms with Gasteiger partial charge in [0.2, 0.25) is 0 Å². The summed E-state index contributed by atoms with van der Waals surface area (Å²) in [6.07, 6.45) is 4.70. The monoisotopic (exact) mass is 249 g/mol. The zero-order valence-electron chi connectivity index (χ0n) is 10.8. The fourth-order valence-electron chi connectivity index (χ4n) is 2.07. The predicted molar refractivity (Wildman–Crippen MR) is 66.9 cm³/mol. The van der Waals surface area contributed by atoms with E-state index in [0.717, 1.165) is 31.6 Å². The predicted octanol–water partition coefficient (Wildman–Crippen LogP) is 1.39. The molecule has 0 spiro atoms. The van der Waals surface area contributed by atoms with Gasteiger partial charge in [0.1, 0.15) is 6.10 Å². The van der Waals surface area contributed by atoms with Gasteiger partial charge in [-0.05, 0) is 39.8 Å². The maximum absolute atomic E-state index is 12.0. The smallest absolute Gasteiger partial charge is 0.309 e. The van der Waals surface area contributed by atoms with Crippen LogP contribution in [0.1, 0.15) is 37.3 Å². The molecular weight excluding hydrogens is 230 g/mol. The Morgan fingerprint density at radius 3 is 2.83 bits per heavy atom. The lowest BCUT2D eigenvalue weighted by Crippen LogP contribution is -2.33. The first kappa shape index (κ1) is 13.0. The van der Waals surface area contributed by atoms with E-state index in [9.17, 15) is 4.79 Å². The van der Waals surface area contributed by atoms with Crippen LogP contribution in [0, 0.1) is 12.8 Å². The maximum Gasteiger partial charge on any atom is 0.309 e. The van der Waals surface area contributed by atoms with Crippen LogP contribution in [-0.4, -0.2) is 29.0 Å². The largest absolute Gasteiger partial charge is 0.456 e. The first-order chi connectivity index (χ1) is 8.66. The Bertz CT molecular complexity index is 416. The summed E-state index contributed by atoms with van der Waals surface area (Å²) in [6, 6.07) is 0. The number of nitrogens with one attached hydrogen (secondary N) is 1. The van der Waals surface area contributed by atoms with Crippen LogP contribution in [0.5, 0.6) is 0 Å². The fraction of sp³-hybridized carbons (Fsp3) is 0.615. The van der Waals surface area contributed by atoms with Crippen molar-refractivity contribution >= 4 is 5.97 Å². The number of carbonyl (C=O) groups excluding carboxylic acids is 1. The molecule has 18 heavy (non-hydrogen) atoms. The highest BCUT2D eigenvalue weighted by atomic mass is 16.5. The molecule has 0 radical (unpaired) electrons. The average Bonchev–Trinajstić information content (AvgIpc) is 2.39. The minimum Gasteiger partial charge on any atom is -0.456 e. The van der Waals surface area contributed by atoms with Crippen LogP contribution in [0.25, 0.3) is 0 Å². The zero-order chi connectivity index (χ0) is 13.0. The third kappa shape index (κ3) is 3.26. The number of hydrogen-bond donors (Lipinski definition) is 1. The first-order valence-electron chi connectivity index (χ1n) is 6.36. The van der Waals surface area contributed by atoms with Gasteiger partial charge in [0.05, 0.1) is 23.5 Å². The molecule has 0 aliphatic carbocycles. The highest BCUT2D eigenvalue weighted by Gasteiger charge is 2.24. The molecule has 2 heterocycles. The standard InChI is InChI=1S/C13H19N3O2/c1-9-7-15-8-12(16-9)10(2)18-13(17)11-3-5-14-6-4-11/h7-8,10-11,14H,3-6H2,1-2H3. The van der Waals surface area contributed by atoms with Gasteiger partial charge in [0, 0.05) is 6.20 Å². The second-order valence-electron chi connectivity index (χ2n) is 4.69. The Hall–Kier alpha value is -1.49. The summed E-state index contributed by atoms with van der Waals surface area (Å²) in [4.78, 5) is 20.3. The number of rotatable bonds is 3.